The van der Waals surface area contributed by atoms with Gasteiger partial charge < -0.3 is 10.4 Å². The molecule has 1 heterocycles. The number of hydrogen-bond acceptors (Lipinski definition) is 4. The van der Waals surface area contributed by atoms with Gasteiger partial charge in [-0.25, -0.2) is 0 Å². The zero-order valence-corrected chi connectivity index (χ0v) is 11.6. The number of nitrogens with zero attached hydrogens (tertiary/aromatic N) is 1. The van der Waals surface area contributed by atoms with Gasteiger partial charge in [0.25, 0.3) is 5.91 Å². The summed E-state index contributed by atoms with van der Waals surface area (Å²) in [5.41, 5.74) is 1.16. The third-order valence-electron chi connectivity index (χ3n) is 2.26. The Balaban J connectivity index is 2.24. The maximum atomic E-state index is 11.9. The molecule has 0 spiro atoms. The minimum absolute atomic E-state index is 0.0447. The fraction of sp³-hybridized carbons (Fsp3) is 0.273. The minimum Gasteiger partial charge on any atom is -0.506 e. The van der Waals surface area contributed by atoms with Crippen LogP contribution in [0.1, 0.15) is 15.9 Å². The van der Waals surface area contributed by atoms with Gasteiger partial charge in [-0.2, -0.15) is 0 Å². The first-order chi connectivity index (χ1) is 8.08. The number of halogens is 1. The highest BCUT2D eigenvalue weighted by Crippen LogP contribution is 2.29. The molecule has 0 fully saturated rings. The Morgan fingerprint density at radius 3 is 3.00 bits per heavy atom. The largest absolute Gasteiger partial charge is 0.506 e. The molecule has 1 amide bonds. The summed E-state index contributed by atoms with van der Waals surface area (Å²) in [6.45, 7) is 2.59. The summed E-state index contributed by atoms with van der Waals surface area (Å²) in [6, 6.07) is 3.41. The van der Waals surface area contributed by atoms with Gasteiger partial charge in [-0.3, -0.25) is 9.79 Å². The molecule has 0 radical (unpaired) electrons. The SMILES string of the molecule is Cc1cc(Br)c(O)c(C(=O)NC2=NCCS2)c1. The third-order valence-corrected chi connectivity index (χ3v) is 3.75. The number of phenols is 1. The van der Waals surface area contributed by atoms with E-state index >= 15 is 0 Å². The molecule has 0 atom stereocenters. The molecular formula is C11H11BrN2O2S. The topological polar surface area (TPSA) is 61.7 Å². The average Bonchev–Trinajstić information content (AvgIpc) is 2.76. The number of amidine groups is 1. The maximum absolute atomic E-state index is 11.9. The number of phenolic OH excluding ortho intramolecular Hbond substituents is 1. The Kier molecular flexibility index (Phi) is 3.73. The molecule has 1 aliphatic heterocycles. The van der Waals surface area contributed by atoms with Gasteiger partial charge in [0.15, 0.2) is 5.17 Å². The molecule has 4 nitrogen and oxygen atoms in total. The molecule has 0 saturated carbocycles. The predicted molar refractivity (Wildman–Crippen MR) is 72.8 cm³/mol. The van der Waals surface area contributed by atoms with Gasteiger partial charge in [0.05, 0.1) is 16.6 Å². The highest BCUT2D eigenvalue weighted by atomic mass is 79.9. The number of nitrogens with one attached hydrogen (secondary N) is 1. The molecule has 1 aromatic carbocycles. The number of hydrogen-bond donors (Lipinski definition) is 2. The standard InChI is InChI=1S/C11H11BrN2O2S/c1-6-4-7(9(15)8(12)5-6)10(16)14-11-13-2-3-17-11/h4-5,15H,2-3H2,1H3,(H,13,14,16). The number of benzene rings is 1. The molecule has 0 aliphatic carbocycles. The molecule has 6 heteroatoms. The summed E-state index contributed by atoms with van der Waals surface area (Å²) in [7, 11) is 0. The van der Waals surface area contributed by atoms with E-state index in [4.69, 9.17) is 0 Å². The van der Waals surface area contributed by atoms with Gasteiger partial charge >= 0.3 is 0 Å². The number of aliphatic imine (C=N–C) groups is 1. The van der Waals surface area contributed by atoms with E-state index in [9.17, 15) is 9.90 Å². The third kappa shape index (κ3) is 2.81. The van der Waals surface area contributed by atoms with Crippen molar-refractivity contribution >= 4 is 38.8 Å². The van der Waals surface area contributed by atoms with Crippen molar-refractivity contribution in [1.82, 2.24) is 5.32 Å². The Hall–Kier alpha value is -1.01. The highest BCUT2D eigenvalue weighted by molar-refractivity contribution is 9.10. The number of aromatic hydroxyl groups is 1. The lowest BCUT2D eigenvalue weighted by molar-refractivity contribution is 0.0975. The molecule has 0 bridgehead atoms. The Morgan fingerprint density at radius 1 is 1.59 bits per heavy atom. The number of amides is 1. The number of carbonyl (C=O) groups is 1. The van der Waals surface area contributed by atoms with Crippen molar-refractivity contribution in [3.63, 3.8) is 0 Å². The number of thioether (sulfide) groups is 1. The first-order valence-corrected chi connectivity index (χ1v) is 6.83. The van der Waals surface area contributed by atoms with Crippen molar-refractivity contribution < 1.29 is 9.90 Å². The zero-order valence-electron chi connectivity index (χ0n) is 9.16. The van der Waals surface area contributed by atoms with Crippen LogP contribution in [0, 0.1) is 6.92 Å². The Labute approximate surface area is 112 Å². The van der Waals surface area contributed by atoms with E-state index < -0.39 is 0 Å². The summed E-state index contributed by atoms with van der Waals surface area (Å²) < 4.78 is 0.517. The lowest BCUT2D eigenvalue weighted by Gasteiger charge is -2.08. The van der Waals surface area contributed by atoms with Gasteiger partial charge in [0.2, 0.25) is 0 Å². The molecular weight excluding hydrogens is 304 g/mol. The van der Waals surface area contributed by atoms with Gasteiger partial charge in [-0.1, -0.05) is 11.8 Å². The van der Waals surface area contributed by atoms with E-state index in [1.54, 1.807) is 12.1 Å². The summed E-state index contributed by atoms with van der Waals surface area (Å²) in [5.74, 6) is 0.510. The number of rotatable bonds is 1. The highest BCUT2D eigenvalue weighted by Gasteiger charge is 2.17. The molecule has 0 aromatic heterocycles. The lowest BCUT2D eigenvalue weighted by atomic mass is 10.1. The fourth-order valence-corrected chi connectivity index (χ4v) is 2.78. The summed E-state index contributed by atoms with van der Waals surface area (Å²) in [4.78, 5) is 16.1. The molecule has 17 heavy (non-hydrogen) atoms. The van der Waals surface area contributed by atoms with E-state index in [2.05, 4.69) is 26.2 Å². The number of aryl methyl sites for hydroxylation is 1. The fourth-order valence-electron chi connectivity index (χ4n) is 1.48. The predicted octanol–water partition coefficient (Wildman–Crippen LogP) is 2.30. The normalized spacial score (nSPS) is 14.6. The van der Waals surface area contributed by atoms with E-state index in [0.29, 0.717) is 9.64 Å². The van der Waals surface area contributed by atoms with E-state index in [-0.39, 0.29) is 17.2 Å². The Morgan fingerprint density at radius 2 is 2.35 bits per heavy atom. The van der Waals surface area contributed by atoms with E-state index in [0.717, 1.165) is 17.9 Å². The zero-order chi connectivity index (χ0) is 12.4. The maximum Gasteiger partial charge on any atom is 0.261 e. The van der Waals surface area contributed by atoms with Crippen LogP contribution in [-0.2, 0) is 0 Å². The lowest BCUT2D eigenvalue weighted by Crippen LogP contribution is -2.27. The van der Waals surface area contributed by atoms with Crippen molar-refractivity contribution in [3.05, 3.63) is 27.7 Å². The van der Waals surface area contributed by atoms with E-state index in [1.165, 1.54) is 11.8 Å². The molecule has 2 rings (SSSR count). The van der Waals surface area contributed by atoms with Gasteiger partial charge in [-0.05, 0) is 40.5 Å². The number of carbonyl (C=O) groups excluding carboxylic acids is 1. The van der Waals surface area contributed by atoms with Crippen LogP contribution in [0.5, 0.6) is 5.75 Å². The minimum atomic E-state index is -0.333. The monoisotopic (exact) mass is 314 g/mol. The first-order valence-electron chi connectivity index (χ1n) is 5.05. The molecule has 0 unspecified atom stereocenters. The second-order valence-electron chi connectivity index (χ2n) is 3.63. The van der Waals surface area contributed by atoms with Gasteiger partial charge in [0.1, 0.15) is 5.75 Å². The molecule has 1 aliphatic rings. The van der Waals surface area contributed by atoms with Crippen molar-refractivity contribution in [3.8, 4) is 5.75 Å². The molecule has 2 N–H and O–H groups in total. The smallest absolute Gasteiger partial charge is 0.261 e. The van der Waals surface area contributed by atoms with Crippen LogP contribution in [0.15, 0.2) is 21.6 Å². The summed E-state index contributed by atoms with van der Waals surface area (Å²) >= 11 is 4.72. The Bertz CT molecular complexity index is 502. The molecule has 0 saturated heterocycles. The van der Waals surface area contributed by atoms with Gasteiger partial charge in [0, 0.05) is 5.75 Å². The van der Waals surface area contributed by atoms with Crippen LogP contribution in [0.25, 0.3) is 0 Å². The van der Waals surface area contributed by atoms with Crippen molar-refractivity contribution in [2.24, 2.45) is 4.99 Å². The molecule has 1 aromatic rings. The first kappa shape index (κ1) is 12.4. The van der Waals surface area contributed by atoms with Crippen LogP contribution in [0.2, 0.25) is 0 Å². The molecule has 90 valence electrons. The van der Waals surface area contributed by atoms with Crippen molar-refractivity contribution in [1.29, 1.82) is 0 Å². The van der Waals surface area contributed by atoms with Crippen molar-refractivity contribution in [2.45, 2.75) is 6.92 Å². The van der Waals surface area contributed by atoms with Crippen LogP contribution in [-0.4, -0.2) is 28.5 Å². The summed E-state index contributed by atoms with van der Waals surface area (Å²) in [6.07, 6.45) is 0. The summed E-state index contributed by atoms with van der Waals surface area (Å²) in [5, 5.41) is 13.1. The van der Waals surface area contributed by atoms with Crippen LogP contribution >= 0.6 is 27.7 Å². The van der Waals surface area contributed by atoms with Crippen molar-refractivity contribution in [2.75, 3.05) is 12.3 Å². The van der Waals surface area contributed by atoms with E-state index in [1.807, 2.05) is 6.92 Å². The van der Waals surface area contributed by atoms with Gasteiger partial charge in [-0.15, -0.1) is 0 Å². The quantitative estimate of drug-likeness (QED) is 0.836. The second-order valence-corrected chi connectivity index (χ2v) is 5.57. The second kappa shape index (κ2) is 5.10. The average molecular weight is 315 g/mol. The van der Waals surface area contributed by atoms with Crippen LogP contribution < -0.4 is 5.32 Å². The van der Waals surface area contributed by atoms with Crippen LogP contribution in [0.4, 0.5) is 0 Å². The van der Waals surface area contributed by atoms with Crippen LogP contribution in [0.3, 0.4) is 0 Å².